The highest BCUT2D eigenvalue weighted by molar-refractivity contribution is 5.97. The van der Waals surface area contributed by atoms with Crippen LogP contribution in [0.15, 0.2) is 18.3 Å². The molecule has 1 amide bonds. The minimum absolute atomic E-state index is 0.142. The number of fused-ring (bicyclic) bond motifs is 5. The van der Waals surface area contributed by atoms with Gasteiger partial charge in [-0.1, -0.05) is 13.8 Å². The van der Waals surface area contributed by atoms with E-state index in [9.17, 15) is 9.59 Å². The van der Waals surface area contributed by atoms with Gasteiger partial charge in [0, 0.05) is 31.6 Å². The van der Waals surface area contributed by atoms with Crippen molar-refractivity contribution >= 4 is 11.7 Å². The van der Waals surface area contributed by atoms with E-state index in [0.717, 1.165) is 37.3 Å². The van der Waals surface area contributed by atoms with Crippen molar-refractivity contribution in [2.24, 2.45) is 34.5 Å². The molecule has 2 heterocycles. The number of Topliss-reactive ketones (excluding diaryl/α,β-unsaturated/α-hetero) is 1. The van der Waals surface area contributed by atoms with Gasteiger partial charge in [0.1, 0.15) is 0 Å². The Balaban J connectivity index is 1.42. The minimum Gasteiger partial charge on any atom is -0.359 e. The van der Waals surface area contributed by atoms with Crippen LogP contribution in [0.5, 0.6) is 0 Å². The molecule has 0 bridgehead atoms. The van der Waals surface area contributed by atoms with Crippen LogP contribution in [0.2, 0.25) is 0 Å². The molecule has 1 aromatic rings. The quantitative estimate of drug-likeness (QED) is 0.755. The van der Waals surface area contributed by atoms with Gasteiger partial charge in [-0.05, 0) is 85.7 Å². The van der Waals surface area contributed by atoms with Crippen LogP contribution in [0.3, 0.4) is 0 Å². The number of likely N-dealkylation sites (tertiary alicyclic amines) is 1. The van der Waals surface area contributed by atoms with Gasteiger partial charge in [0.05, 0.1) is 5.69 Å². The number of nitrogens with zero attached hydrogens (tertiary/aromatic N) is 1. The molecular weight excluding hydrogens is 348 g/mol. The molecule has 4 aliphatic rings. The molecule has 5 rings (SSSR count). The van der Waals surface area contributed by atoms with Crippen molar-refractivity contribution in [3.8, 4) is 0 Å². The number of carbonyl (C=O) groups excluding carboxylic acids is 2. The zero-order valence-corrected chi connectivity index (χ0v) is 17.5. The average molecular weight is 383 g/mol. The first-order valence-electron chi connectivity index (χ1n) is 11.3. The number of piperidine rings is 1. The highest BCUT2D eigenvalue weighted by atomic mass is 16.2. The number of hydrogen-bond donors (Lipinski definition) is 1. The van der Waals surface area contributed by atoms with Gasteiger partial charge in [-0.2, -0.15) is 0 Å². The number of rotatable bonds is 2. The molecule has 0 aromatic carbocycles. The standard InChI is InChI=1S/C24H34N2O2/c1-23-12-10-17-15(6-9-20-24(17,2)13-11-21(27)26(20)3)16(23)7-8-18(23)22(28)19-5-4-14-25-19/h4-5,14-18,20,25H,6-13H2,1-3H3/t15-,16-,17-,18+,20?,23-,24+/m0/s1. The van der Waals surface area contributed by atoms with Crippen molar-refractivity contribution in [3.63, 3.8) is 0 Å². The van der Waals surface area contributed by atoms with Crippen LogP contribution in [0, 0.1) is 34.5 Å². The van der Waals surface area contributed by atoms with Crippen LogP contribution in [0.1, 0.15) is 75.7 Å². The fraction of sp³-hybridized carbons (Fsp3) is 0.750. The van der Waals surface area contributed by atoms with Gasteiger partial charge in [-0.15, -0.1) is 0 Å². The highest BCUT2D eigenvalue weighted by Crippen LogP contribution is 2.66. The lowest BCUT2D eigenvalue weighted by atomic mass is 9.46. The molecule has 152 valence electrons. The summed E-state index contributed by atoms with van der Waals surface area (Å²) in [7, 11) is 2.03. The largest absolute Gasteiger partial charge is 0.359 e. The molecule has 4 nitrogen and oxygen atoms in total. The zero-order chi connectivity index (χ0) is 19.7. The topological polar surface area (TPSA) is 53.2 Å². The lowest BCUT2D eigenvalue weighted by molar-refractivity contribution is -0.157. The summed E-state index contributed by atoms with van der Waals surface area (Å²) in [4.78, 5) is 30.7. The van der Waals surface area contributed by atoms with Gasteiger partial charge < -0.3 is 9.88 Å². The van der Waals surface area contributed by atoms with Crippen molar-refractivity contribution in [1.29, 1.82) is 0 Å². The third-order valence-electron chi connectivity index (χ3n) is 9.74. The van der Waals surface area contributed by atoms with Gasteiger partial charge in [-0.3, -0.25) is 9.59 Å². The van der Waals surface area contributed by atoms with E-state index in [2.05, 4.69) is 23.7 Å². The summed E-state index contributed by atoms with van der Waals surface area (Å²) >= 11 is 0. The summed E-state index contributed by atoms with van der Waals surface area (Å²) in [6, 6.07) is 4.28. The first-order valence-corrected chi connectivity index (χ1v) is 11.3. The van der Waals surface area contributed by atoms with E-state index in [-0.39, 0.29) is 16.7 Å². The molecule has 1 unspecified atom stereocenters. The molecule has 0 spiro atoms. The van der Waals surface area contributed by atoms with Crippen molar-refractivity contribution in [1.82, 2.24) is 9.88 Å². The van der Waals surface area contributed by atoms with E-state index in [4.69, 9.17) is 0 Å². The first-order chi connectivity index (χ1) is 13.4. The minimum atomic E-state index is 0.142. The number of aromatic nitrogens is 1. The second-order valence-electron chi connectivity index (χ2n) is 10.6. The second-order valence-corrected chi connectivity index (χ2v) is 10.6. The number of ketones is 1. The smallest absolute Gasteiger partial charge is 0.222 e. The van der Waals surface area contributed by atoms with Crippen molar-refractivity contribution in [2.45, 2.75) is 71.3 Å². The van der Waals surface area contributed by atoms with Gasteiger partial charge in [-0.25, -0.2) is 0 Å². The summed E-state index contributed by atoms with van der Waals surface area (Å²) in [5, 5.41) is 0. The molecule has 4 fully saturated rings. The predicted octanol–water partition coefficient (Wildman–Crippen LogP) is 4.68. The maximum absolute atomic E-state index is 13.2. The highest BCUT2D eigenvalue weighted by Gasteiger charge is 2.62. The van der Waals surface area contributed by atoms with Gasteiger partial charge in [0.2, 0.25) is 5.91 Å². The lowest BCUT2D eigenvalue weighted by Crippen LogP contribution is -2.61. The molecular formula is C24H34N2O2. The van der Waals surface area contributed by atoms with Crippen LogP contribution in [-0.2, 0) is 4.79 Å². The Labute approximate surface area is 168 Å². The summed E-state index contributed by atoms with van der Waals surface area (Å²) in [6.45, 7) is 4.88. The van der Waals surface area contributed by atoms with Gasteiger partial charge in [0.15, 0.2) is 5.78 Å². The molecule has 1 saturated heterocycles. The Morgan fingerprint density at radius 2 is 1.86 bits per heavy atom. The Hall–Kier alpha value is -1.58. The third-order valence-corrected chi connectivity index (χ3v) is 9.74. The lowest BCUT2D eigenvalue weighted by Gasteiger charge is -2.61. The summed E-state index contributed by atoms with van der Waals surface area (Å²) in [6.07, 6.45) is 10.6. The van der Waals surface area contributed by atoms with E-state index in [1.807, 2.05) is 25.4 Å². The summed E-state index contributed by atoms with van der Waals surface area (Å²) in [5.74, 6) is 2.92. The van der Waals surface area contributed by atoms with Crippen LogP contribution in [-0.4, -0.2) is 34.7 Å². The van der Waals surface area contributed by atoms with Crippen LogP contribution in [0.4, 0.5) is 0 Å². The normalized spacial score (nSPS) is 45.3. The maximum atomic E-state index is 13.2. The van der Waals surface area contributed by atoms with Gasteiger partial charge >= 0.3 is 0 Å². The number of nitrogens with one attached hydrogen (secondary N) is 1. The van der Waals surface area contributed by atoms with Crippen LogP contribution >= 0.6 is 0 Å². The van der Waals surface area contributed by atoms with Crippen molar-refractivity contribution in [3.05, 3.63) is 24.0 Å². The Morgan fingerprint density at radius 1 is 1.07 bits per heavy atom. The maximum Gasteiger partial charge on any atom is 0.222 e. The van der Waals surface area contributed by atoms with E-state index >= 15 is 0 Å². The van der Waals surface area contributed by atoms with Gasteiger partial charge in [0.25, 0.3) is 0 Å². The molecule has 28 heavy (non-hydrogen) atoms. The van der Waals surface area contributed by atoms with E-state index in [1.165, 1.54) is 19.3 Å². The van der Waals surface area contributed by atoms with E-state index in [0.29, 0.717) is 36.0 Å². The van der Waals surface area contributed by atoms with E-state index < -0.39 is 0 Å². The molecule has 3 saturated carbocycles. The molecule has 1 aromatic heterocycles. The summed E-state index contributed by atoms with van der Waals surface area (Å²) in [5.41, 5.74) is 1.19. The molecule has 0 radical (unpaired) electrons. The number of aromatic amines is 1. The molecule has 1 N–H and O–H groups in total. The van der Waals surface area contributed by atoms with E-state index in [1.54, 1.807) is 0 Å². The third kappa shape index (κ3) is 2.35. The summed E-state index contributed by atoms with van der Waals surface area (Å²) < 4.78 is 0. The SMILES string of the molecule is CN1C(=O)CC[C@@]2(C)C1CC[C@H]1[C@@H]3CC[C@H](C(=O)c4ccc[nH]4)[C@@]3(C)CC[C@@H]12. The predicted molar refractivity (Wildman–Crippen MR) is 109 cm³/mol. The Bertz CT molecular complexity index is 787. The fourth-order valence-corrected chi connectivity index (χ4v) is 8.25. The molecule has 1 aliphatic heterocycles. The molecule has 3 aliphatic carbocycles. The monoisotopic (exact) mass is 382 g/mol. The Kier molecular flexibility index (Phi) is 4.09. The number of hydrogen-bond acceptors (Lipinski definition) is 2. The number of amides is 1. The number of H-pyrrole nitrogens is 1. The molecule has 7 atom stereocenters. The van der Waals surface area contributed by atoms with Crippen LogP contribution < -0.4 is 0 Å². The fourth-order valence-electron chi connectivity index (χ4n) is 8.25. The molecule has 4 heteroatoms. The van der Waals surface area contributed by atoms with Crippen molar-refractivity contribution in [2.75, 3.05) is 7.05 Å². The Morgan fingerprint density at radius 3 is 2.61 bits per heavy atom. The zero-order valence-electron chi connectivity index (χ0n) is 17.5. The van der Waals surface area contributed by atoms with Crippen LogP contribution in [0.25, 0.3) is 0 Å². The van der Waals surface area contributed by atoms with Crippen molar-refractivity contribution < 1.29 is 9.59 Å². The average Bonchev–Trinajstić information content (AvgIpc) is 3.32. The first kappa shape index (κ1) is 18.4. The number of carbonyl (C=O) groups is 2. The second kappa shape index (κ2) is 6.21.